The fourth-order valence-corrected chi connectivity index (χ4v) is 3.26. The zero-order valence-corrected chi connectivity index (χ0v) is 13.7. The van der Waals surface area contributed by atoms with Gasteiger partial charge in [-0.05, 0) is 24.8 Å². The van der Waals surface area contributed by atoms with Crippen LogP contribution in [0.2, 0.25) is 5.02 Å². The molecule has 1 saturated heterocycles. The van der Waals surface area contributed by atoms with E-state index in [1.54, 1.807) is 0 Å². The fraction of sp³-hybridized carbons (Fsp3) is 0.353. The highest BCUT2D eigenvalue weighted by Gasteiger charge is 2.19. The summed E-state index contributed by atoms with van der Waals surface area (Å²) in [5, 5.41) is 8.03. The first-order valence-corrected chi connectivity index (χ1v) is 8.31. The highest BCUT2D eigenvalue weighted by molar-refractivity contribution is 6.33. The molecule has 2 aromatic heterocycles. The number of rotatable bonds is 2. The summed E-state index contributed by atoms with van der Waals surface area (Å²) < 4.78 is 0. The summed E-state index contributed by atoms with van der Waals surface area (Å²) in [6.45, 7) is 4.36. The molecule has 0 radical (unpaired) electrons. The Morgan fingerprint density at radius 1 is 1.22 bits per heavy atom. The molecule has 0 bridgehead atoms. The molecule has 23 heavy (non-hydrogen) atoms. The van der Waals surface area contributed by atoms with Crippen molar-refractivity contribution < 1.29 is 0 Å². The summed E-state index contributed by atoms with van der Waals surface area (Å²) >= 11 is 6.28. The number of fused-ring (bicyclic) bond motifs is 1. The number of nitrogens with zero attached hydrogens (tertiary/aromatic N) is 4. The molecule has 3 heterocycles. The van der Waals surface area contributed by atoms with Gasteiger partial charge in [0.05, 0.1) is 16.9 Å². The van der Waals surface area contributed by atoms with Crippen LogP contribution in [-0.4, -0.2) is 33.3 Å². The molecular weight excluding hydrogens is 310 g/mol. The summed E-state index contributed by atoms with van der Waals surface area (Å²) in [4.78, 5) is 11.6. The van der Waals surface area contributed by atoms with Crippen molar-refractivity contribution in [2.75, 3.05) is 18.0 Å². The third-order valence-corrected chi connectivity index (χ3v) is 4.83. The van der Waals surface area contributed by atoms with Crippen LogP contribution in [0.15, 0.2) is 30.5 Å². The number of hydrogen-bond donors (Lipinski definition) is 1. The summed E-state index contributed by atoms with van der Waals surface area (Å²) in [6.07, 6.45) is 4.24. The number of aromatic nitrogens is 4. The standard InChI is InChI=1S/C17H18ClN5/c1-11-6-8-23(9-7-11)14-10-19-16-15(21-22-17(16)20-14)12-4-2-3-5-13(12)18/h2-5,10-11H,6-9H2,1H3,(H,20,21,22). The maximum absolute atomic E-state index is 6.28. The lowest BCUT2D eigenvalue weighted by molar-refractivity contribution is 0.436. The van der Waals surface area contributed by atoms with Gasteiger partial charge >= 0.3 is 0 Å². The molecule has 5 nitrogen and oxygen atoms in total. The van der Waals surface area contributed by atoms with Gasteiger partial charge in [0, 0.05) is 18.7 Å². The molecule has 118 valence electrons. The number of anilines is 1. The van der Waals surface area contributed by atoms with Crippen LogP contribution in [0, 0.1) is 5.92 Å². The number of halogens is 1. The van der Waals surface area contributed by atoms with Gasteiger partial charge in [-0.15, -0.1) is 0 Å². The minimum Gasteiger partial charge on any atom is -0.355 e. The van der Waals surface area contributed by atoms with E-state index in [4.69, 9.17) is 11.6 Å². The number of piperidine rings is 1. The minimum absolute atomic E-state index is 0.635. The van der Waals surface area contributed by atoms with Crippen LogP contribution in [0.3, 0.4) is 0 Å². The highest BCUT2D eigenvalue weighted by Crippen LogP contribution is 2.31. The van der Waals surface area contributed by atoms with Crippen molar-refractivity contribution in [3.05, 3.63) is 35.5 Å². The first-order chi connectivity index (χ1) is 11.2. The Labute approximate surface area is 139 Å². The lowest BCUT2D eigenvalue weighted by atomic mass is 9.99. The Hall–Kier alpha value is -2.14. The van der Waals surface area contributed by atoms with Crippen LogP contribution < -0.4 is 4.90 Å². The van der Waals surface area contributed by atoms with Crippen molar-refractivity contribution in [1.82, 2.24) is 20.2 Å². The van der Waals surface area contributed by atoms with Crippen molar-refractivity contribution in [3.63, 3.8) is 0 Å². The summed E-state index contributed by atoms with van der Waals surface area (Å²) in [5.41, 5.74) is 3.10. The third kappa shape index (κ3) is 2.65. The zero-order valence-electron chi connectivity index (χ0n) is 13.0. The van der Waals surface area contributed by atoms with Crippen LogP contribution in [0.25, 0.3) is 22.4 Å². The average Bonchev–Trinajstić information content (AvgIpc) is 2.99. The van der Waals surface area contributed by atoms with Gasteiger partial charge in [-0.25, -0.2) is 9.97 Å². The predicted molar refractivity (Wildman–Crippen MR) is 92.7 cm³/mol. The van der Waals surface area contributed by atoms with E-state index in [1.165, 1.54) is 12.8 Å². The van der Waals surface area contributed by atoms with E-state index in [2.05, 4.69) is 32.0 Å². The largest absolute Gasteiger partial charge is 0.355 e. The molecule has 1 N–H and O–H groups in total. The molecule has 0 unspecified atom stereocenters. The fourth-order valence-electron chi connectivity index (χ4n) is 3.03. The van der Waals surface area contributed by atoms with E-state index in [9.17, 15) is 0 Å². The highest BCUT2D eigenvalue weighted by atomic mass is 35.5. The van der Waals surface area contributed by atoms with Crippen LogP contribution in [0.4, 0.5) is 5.82 Å². The van der Waals surface area contributed by atoms with Crippen molar-refractivity contribution >= 4 is 28.6 Å². The molecule has 4 rings (SSSR count). The first kappa shape index (κ1) is 14.5. The van der Waals surface area contributed by atoms with Crippen LogP contribution in [0.1, 0.15) is 19.8 Å². The normalized spacial score (nSPS) is 16.2. The molecule has 1 aliphatic heterocycles. The maximum Gasteiger partial charge on any atom is 0.202 e. The third-order valence-electron chi connectivity index (χ3n) is 4.50. The second-order valence-electron chi connectivity index (χ2n) is 6.15. The van der Waals surface area contributed by atoms with Crippen molar-refractivity contribution in [2.45, 2.75) is 19.8 Å². The Kier molecular flexibility index (Phi) is 3.65. The summed E-state index contributed by atoms with van der Waals surface area (Å²) in [7, 11) is 0. The quantitative estimate of drug-likeness (QED) is 0.775. The van der Waals surface area contributed by atoms with E-state index in [1.807, 2.05) is 30.5 Å². The number of benzene rings is 1. The number of aromatic amines is 1. The summed E-state index contributed by atoms with van der Waals surface area (Å²) in [5.74, 6) is 1.70. The van der Waals surface area contributed by atoms with E-state index in [-0.39, 0.29) is 0 Å². The van der Waals surface area contributed by atoms with Gasteiger partial charge in [-0.1, -0.05) is 36.7 Å². The SMILES string of the molecule is CC1CCN(c2cnc3c(-c4ccccc4Cl)[nH]nc3n2)CC1. The Morgan fingerprint density at radius 3 is 2.78 bits per heavy atom. The number of H-pyrrole nitrogens is 1. The van der Waals surface area contributed by atoms with Crippen molar-refractivity contribution in [1.29, 1.82) is 0 Å². The van der Waals surface area contributed by atoms with E-state index in [0.29, 0.717) is 10.7 Å². The van der Waals surface area contributed by atoms with Crippen LogP contribution in [0.5, 0.6) is 0 Å². The molecule has 6 heteroatoms. The lowest BCUT2D eigenvalue weighted by Crippen LogP contribution is -2.33. The molecule has 0 amide bonds. The number of hydrogen-bond acceptors (Lipinski definition) is 4. The monoisotopic (exact) mass is 327 g/mol. The topological polar surface area (TPSA) is 57.7 Å². The van der Waals surface area contributed by atoms with Gasteiger partial charge in [-0.3, -0.25) is 5.10 Å². The second-order valence-corrected chi connectivity index (χ2v) is 6.56. The molecule has 1 aliphatic rings. The molecule has 1 fully saturated rings. The Morgan fingerprint density at radius 2 is 2.00 bits per heavy atom. The van der Waals surface area contributed by atoms with E-state index >= 15 is 0 Å². The first-order valence-electron chi connectivity index (χ1n) is 7.93. The van der Waals surface area contributed by atoms with Crippen LogP contribution >= 0.6 is 11.6 Å². The predicted octanol–water partition coefficient (Wildman–Crippen LogP) is 3.91. The van der Waals surface area contributed by atoms with Crippen molar-refractivity contribution in [2.24, 2.45) is 5.92 Å². The van der Waals surface area contributed by atoms with Gasteiger partial charge in [0.2, 0.25) is 5.65 Å². The van der Waals surface area contributed by atoms with E-state index < -0.39 is 0 Å². The maximum atomic E-state index is 6.28. The molecule has 0 spiro atoms. The lowest BCUT2D eigenvalue weighted by Gasteiger charge is -2.30. The second kappa shape index (κ2) is 5.81. The van der Waals surface area contributed by atoms with Gasteiger partial charge < -0.3 is 4.90 Å². The molecular formula is C17H18ClN5. The molecule has 3 aromatic rings. The average molecular weight is 328 g/mol. The smallest absolute Gasteiger partial charge is 0.202 e. The molecule has 0 atom stereocenters. The Balaban J connectivity index is 1.71. The van der Waals surface area contributed by atoms with Gasteiger partial charge in [0.25, 0.3) is 0 Å². The Bertz CT molecular complexity index is 836. The summed E-state index contributed by atoms with van der Waals surface area (Å²) in [6, 6.07) is 7.67. The molecule has 0 aliphatic carbocycles. The van der Waals surface area contributed by atoms with Gasteiger partial charge in [0.15, 0.2) is 0 Å². The minimum atomic E-state index is 0.635. The van der Waals surface area contributed by atoms with Crippen molar-refractivity contribution in [3.8, 4) is 11.3 Å². The van der Waals surface area contributed by atoms with Crippen LogP contribution in [-0.2, 0) is 0 Å². The van der Waals surface area contributed by atoms with Gasteiger partial charge in [-0.2, -0.15) is 5.10 Å². The van der Waals surface area contributed by atoms with Gasteiger partial charge in [0.1, 0.15) is 11.3 Å². The zero-order chi connectivity index (χ0) is 15.8. The molecule has 0 saturated carbocycles. The van der Waals surface area contributed by atoms with E-state index in [0.717, 1.165) is 41.6 Å². The molecule has 1 aromatic carbocycles. The number of nitrogens with one attached hydrogen (secondary N) is 1.